The predicted octanol–water partition coefficient (Wildman–Crippen LogP) is 0.224. The lowest BCUT2D eigenvalue weighted by atomic mass is 10.1. The van der Waals surface area contributed by atoms with Crippen LogP contribution in [0.3, 0.4) is 0 Å². The first-order valence-electron chi connectivity index (χ1n) is 12.4. The second-order valence-corrected chi connectivity index (χ2v) is 9.57. The summed E-state index contributed by atoms with van der Waals surface area (Å²) < 4.78 is 5.44. The van der Waals surface area contributed by atoms with E-state index in [1.165, 1.54) is 0 Å². The van der Waals surface area contributed by atoms with Crippen molar-refractivity contribution in [1.82, 2.24) is 20.0 Å². The van der Waals surface area contributed by atoms with Gasteiger partial charge in [-0.1, -0.05) is 17.7 Å². The Labute approximate surface area is 201 Å². The van der Waals surface area contributed by atoms with Crippen LogP contribution >= 0.6 is 0 Å². The highest BCUT2D eigenvalue weighted by molar-refractivity contribution is 5.98. The topological polar surface area (TPSA) is 108 Å². The largest absolute Gasteiger partial charge is 0.379 e. The molecule has 1 aromatic carbocycles. The van der Waals surface area contributed by atoms with Crippen LogP contribution in [0.2, 0.25) is 0 Å². The number of benzene rings is 1. The van der Waals surface area contributed by atoms with Crippen LogP contribution in [0.25, 0.3) is 0 Å². The Balaban J connectivity index is 1.52. The molecule has 0 bridgehead atoms. The van der Waals surface area contributed by atoms with Crippen LogP contribution < -0.4 is 11.1 Å². The van der Waals surface area contributed by atoms with E-state index in [1.807, 2.05) is 24.0 Å². The molecule has 9 heteroatoms. The van der Waals surface area contributed by atoms with Gasteiger partial charge in [0.25, 0.3) is 5.91 Å². The molecule has 1 aliphatic carbocycles. The van der Waals surface area contributed by atoms with E-state index in [1.54, 1.807) is 17.0 Å². The van der Waals surface area contributed by atoms with Crippen molar-refractivity contribution >= 4 is 17.7 Å². The number of rotatable bonds is 9. The highest BCUT2D eigenvalue weighted by atomic mass is 16.5. The number of carbonyl (C=O) groups is 3. The summed E-state index contributed by atoms with van der Waals surface area (Å²) in [5, 5.41) is 2.84. The molecule has 0 spiro atoms. The van der Waals surface area contributed by atoms with Crippen LogP contribution in [0.1, 0.15) is 35.2 Å². The summed E-state index contributed by atoms with van der Waals surface area (Å²) in [5.74, 6) is -0.150. The van der Waals surface area contributed by atoms with Crippen LogP contribution in [0, 0.1) is 12.8 Å². The highest BCUT2D eigenvalue weighted by Crippen LogP contribution is 2.34. The molecule has 4 rings (SSSR count). The summed E-state index contributed by atoms with van der Waals surface area (Å²) in [7, 11) is 0. The van der Waals surface area contributed by atoms with Crippen LogP contribution in [-0.2, 0) is 14.3 Å². The number of morpholine rings is 1. The smallest absolute Gasteiger partial charge is 0.254 e. The second kappa shape index (κ2) is 11.3. The van der Waals surface area contributed by atoms with Gasteiger partial charge in [0.05, 0.1) is 19.3 Å². The summed E-state index contributed by atoms with van der Waals surface area (Å²) in [5.41, 5.74) is 7.20. The van der Waals surface area contributed by atoms with Crippen molar-refractivity contribution in [3.8, 4) is 0 Å². The van der Waals surface area contributed by atoms with E-state index in [-0.39, 0.29) is 29.7 Å². The third-order valence-corrected chi connectivity index (χ3v) is 7.00. The molecule has 3 aliphatic rings. The molecule has 3 amide bonds. The molecule has 3 N–H and O–H groups in total. The number of nitrogens with two attached hydrogens (primary N) is 1. The Bertz CT molecular complexity index is 867. The Morgan fingerprint density at radius 2 is 1.85 bits per heavy atom. The number of likely N-dealkylation sites (tertiary alicyclic amines) is 1. The average Bonchev–Trinajstić information content (AvgIpc) is 3.62. The average molecular weight is 472 g/mol. The third kappa shape index (κ3) is 5.95. The van der Waals surface area contributed by atoms with E-state index >= 15 is 0 Å². The summed E-state index contributed by atoms with van der Waals surface area (Å²) in [6.45, 7) is 7.53. The number of nitrogens with one attached hydrogen (secondary N) is 1. The third-order valence-electron chi connectivity index (χ3n) is 7.00. The summed E-state index contributed by atoms with van der Waals surface area (Å²) >= 11 is 0. The number of hydrogen-bond acceptors (Lipinski definition) is 6. The Hall–Kier alpha value is -2.49. The first-order chi connectivity index (χ1) is 16.5. The molecular weight excluding hydrogens is 434 g/mol. The maximum Gasteiger partial charge on any atom is 0.254 e. The molecule has 1 aromatic rings. The molecule has 9 nitrogen and oxygen atoms in total. The fourth-order valence-corrected chi connectivity index (χ4v) is 4.80. The van der Waals surface area contributed by atoms with Gasteiger partial charge in [-0.25, -0.2) is 0 Å². The minimum atomic E-state index is -0.622. The first-order valence-corrected chi connectivity index (χ1v) is 12.4. The van der Waals surface area contributed by atoms with Gasteiger partial charge >= 0.3 is 0 Å². The van der Waals surface area contributed by atoms with Crippen LogP contribution in [0.5, 0.6) is 0 Å². The van der Waals surface area contributed by atoms with Crippen molar-refractivity contribution in [1.29, 1.82) is 0 Å². The summed E-state index contributed by atoms with van der Waals surface area (Å²) in [6, 6.07) is 6.59. The maximum atomic E-state index is 13.4. The molecule has 2 saturated heterocycles. The van der Waals surface area contributed by atoms with Crippen molar-refractivity contribution in [2.24, 2.45) is 11.7 Å². The predicted molar refractivity (Wildman–Crippen MR) is 128 cm³/mol. The second-order valence-electron chi connectivity index (χ2n) is 9.57. The van der Waals surface area contributed by atoms with Gasteiger partial charge in [0.15, 0.2) is 0 Å². The lowest BCUT2D eigenvalue weighted by Crippen LogP contribution is -2.48. The molecule has 0 radical (unpaired) electrons. The molecular formula is C25H37N5O4. The van der Waals surface area contributed by atoms with E-state index in [2.05, 4.69) is 10.2 Å². The van der Waals surface area contributed by atoms with E-state index < -0.39 is 6.04 Å². The first kappa shape index (κ1) is 24.6. The van der Waals surface area contributed by atoms with Gasteiger partial charge in [-0.3, -0.25) is 19.3 Å². The Morgan fingerprint density at radius 3 is 2.50 bits per heavy atom. The van der Waals surface area contributed by atoms with Gasteiger partial charge in [-0.05, 0) is 38.3 Å². The van der Waals surface area contributed by atoms with Crippen molar-refractivity contribution in [2.75, 3.05) is 59.0 Å². The minimum Gasteiger partial charge on any atom is -0.379 e. The summed E-state index contributed by atoms with van der Waals surface area (Å²) in [4.78, 5) is 45.6. The number of aryl methyl sites for hydroxylation is 1. The van der Waals surface area contributed by atoms with E-state index in [0.29, 0.717) is 51.4 Å². The fourth-order valence-electron chi connectivity index (χ4n) is 4.80. The molecule has 2 aliphatic heterocycles. The fraction of sp³-hybridized carbons (Fsp3) is 0.640. The molecule has 2 atom stereocenters. The van der Waals surface area contributed by atoms with Gasteiger partial charge in [0.1, 0.15) is 6.04 Å². The zero-order chi connectivity index (χ0) is 24.1. The molecule has 186 valence electrons. The van der Waals surface area contributed by atoms with Gasteiger partial charge in [0.2, 0.25) is 11.8 Å². The quantitative estimate of drug-likeness (QED) is 0.534. The molecule has 34 heavy (non-hydrogen) atoms. The van der Waals surface area contributed by atoms with Crippen LogP contribution in [0.15, 0.2) is 24.3 Å². The van der Waals surface area contributed by atoms with Crippen molar-refractivity contribution in [3.63, 3.8) is 0 Å². The van der Waals surface area contributed by atoms with Crippen LogP contribution in [-0.4, -0.2) is 104 Å². The minimum absolute atomic E-state index is 0.0797. The number of hydrogen-bond donors (Lipinski definition) is 2. The standard InChI is InChI=1S/C25H37N5O4/c1-18-2-4-19(5-3-18)25(33)30-17-21(16-22(30)23(31)27-9-8-26)29(24(32)20-6-7-20)11-10-28-12-14-34-15-13-28/h2-5,20-22H,6-17,26H2,1H3,(H,27,31). The highest BCUT2D eigenvalue weighted by Gasteiger charge is 2.45. The van der Waals surface area contributed by atoms with Crippen molar-refractivity contribution in [2.45, 2.75) is 38.3 Å². The normalized spacial score (nSPS) is 23.1. The van der Waals surface area contributed by atoms with Crippen molar-refractivity contribution < 1.29 is 19.1 Å². The van der Waals surface area contributed by atoms with E-state index in [4.69, 9.17) is 10.5 Å². The zero-order valence-electron chi connectivity index (χ0n) is 20.1. The van der Waals surface area contributed by atoms with Gasteiger partial charge in [-0.2, -0.15) is 0 Å². The number of nitrogens with zero attached hydrogens (tertiary/aromatic N) is 3. The molecule has 2 heterocycles. The van der Waals surface area contributed by atoms with E-state index in [0.717, 1.165) is 38.0 Å². The van der Waals surface area contributed by atoms with Crippen LogP contribution in [0.4, 0.5) is 0 Å². The maximum absolute atomic E-state index is 13.4. The Kier molecular flexibility index (Phi) is 8.18. The number of amides is 3. The zero-order valence-corrected chi connectivity index (χ0v) is 20.1. The van der Waals surface area contributed by atoms with Gasteiger partial charge in [0, 0.05) is 57.3 Å². The molecule has 0 aromatic heterocycles. The molecule has 2 unspecified atom stereocenters. The number of ether oxygens (including phenoxy) is 1. The summed E-state index contributed by atoms with van der Waals surface area (Å²) in [6.07, 6.45) is 2.29. The van der Waals surface area contributed by atoms with Gasteiger partial charge in [-0.15, -0.1) is 0 Å². The molecule has 1 saturated carbocycles. The van der Waals surface area contributed by atoms with E-state index in [9.17, 15) is 14.4 Å². The van der Waals surface area contributed by atoms with Crippen molar-refractivity contribution in [3.05, 3.63) is 35.4 Å². The SMILES string of the molecule is Cc1ccc(C(=O)N2CC(N(CCN3CCOCC3)C(=O)C3CC3)CC2C(=O)NCCN)cc1. The number of carbonyl (C=O) groups excluding carboxylic acids is 3. The lowest BCUT2D eigenvalue weighted by Gasteiger charge is -2.33. The lowest BCUT2D eigenvalue weighted by molar-refractivity contribution is -0.135. The molecule has 3 fully saturated rings. The van der Waals surface area contributed by atoms with Gasteiger partial charge < -0.3 is 25.6 Å². The monoisotopic (exact) mass is 471 g/mol. The Morgan fingerprint density at radius 1 is 1.15 bits per heavy atom.